The van der Waals surface area contributed by atoms with Crippen LogP contribution in [0.15, 0.2) is 30.3 Å². The molecule has 1 atom stereocenters. The van der Waals surface area contributed by atoms with Crippen LogP contribution in [0, 0.1) is 0 Å². The van der Waals surface area contributed by atoms with E-state index in [1.807, 2.05) is 0 Å². The minimum Gasteiger partial charge on any atom is -0.478 e. The molecular formula is C14H24N2O3. The van der Waals surface area contributed by atoms with Gasteiger partial charge in [-0.2, -0.15) is 0 Å². The van der Waals surface area contributed by atoms with E-state index in [2.05, 4.69) is 0 Å². The van der Waals surface area contributed by atoms with E-state index in [4.69, 9.17) is 21.7 Å². The summed E-state index contributed by atoms with van der Waals surface area (Å²) in [5.41, 5.74) is 11.3. The van der Waals surface area contributed by atoms with E-state index in [0.717, 1.165) is 25.7 Å². The van der Waals surface area contributed by atoms with Crippen LogP contribution in [-0.4, -0.2) is 35.4 Å². The van der Waals surface area contributed by atoms with Crippen molar-refractivity contribution in [2.45, 2.75) is 31.7 Å². The lowest BCUT2D eigenvalue weighted by Gasteiger charge is -2.08. The van der Waals surface area contributed by atoms with Gasteiger partial charge >= 0.3 is 5.97 Å². The van der Waals surface area contributed by atoms with Gasteiger partial charge in [0.25, 0.3) is 0 Å². The van der Waals surface area contributed by atoms with Crippen LogP contribution in [0.5, 0.6) is 0 Å². The third-order valence-electron chi connectivity index (χ3n) is 2.53. The van der Waals surface area contributed by atoms with Gasteiger partial charge in [0.05, 0.1) is 5.56 Å². The van der Waals surface area contributed by atoms with Crippen molar-refractivity contribution in [1.29, 1.82) is 0 Å². The van der Waals surface area contributed by atoms with Crippen molar-refractivity contribution in [3.63, 3.8) is 0 Å². The molecule has 6 N–H and O–H groups in total. The van der Waals surface area contributed by atoms with Gasteiger partial charge < -0.3 is 21.7 Å². The summed E-state index contributed by atoms with van der Waals surface area (Å²) in [4.78, 5) is 10.2. The number of nitrogens with two attached hydrogens (primary N) is 2. The first-order valence-corrected chi connectivity index (χ1v) is 6.46. The van der Waals surface area contributed by atoms with E-state index < -0.39 is 5.97 Å². The van der Waals surface area contributed by atoms with E-state index in [9.17, 15) is 4.79 Å². The molecule has 0 fully saturated rings. The smallest absolute Gasteiger partial charge is 0.335 e. The largest absolute Gasteiger partial charge is 0.478 e. The molecule has 1 aromatic carbocycles. The quantitative estimate of drug-likeness (QED) is 0.594. The average molecular weight is 268 g/mol. The molecule has 0 aromatic heterocycles. The number of aliphatic hydroxyl groups is 1. The van der Waals surface area contributed by atoms with Crippen molar-refractivity contribution in [3.05, 3.63) is 35.9 Å². The highest BCUT2D eigenvalue weighted by Crippen LogP contribution is 2.00. The van der Waals surface area contributed by atoms with Gasteiger partial charge in [0.15, 0.2) is 0 Å². The Morgan fingerprint density at radius 3 is 2.16 bits per heavy atom. The minimum atomic E-state index is -0.879. The van der Waals surface area contributed by atoms with Gasteiger partial charge in [-0.05, 0) is 44.4 Å². The van der Waals surface area contributed by atoms with Crippen molar-refractivity contribution >= 4 is 5.97 Å². The minimum absolute atomic E-state index is 0.232. The van der Waals surface area contributed by atoms with Crippen molar-refractivity contribution in [2.24, 2.45) is 11.5 Å². The third kappa shape index (κ3) is 10.2. The van der Waals surface area contributed by atoms with E-state index in [0.29, 0.717) is 12.1 Å². The second-order valence-electron chi connectivity index (χ2n) is 4.23. The molecule has 0 saturated carbocycles. The monoisotopic (exact) mass is 268 g/mol. The summed E-state index contributed by atoms with van der Waals surface area (Å²) in [5.74, 6) is -0.879. The molecule has 0 saturated heterocycles. The van der Waals surface area contributed by atoms with E-state index >= 15 is 0 Å². The van der Waals surface area contributed by atoms with Gasteiger partial charge in [-0.15, -0.1) is 0 Å². The number of rotatable bonds is 7. The predicted octanol–water partition coefficient (Wildman–Crippen LogP) is 1.21. The van der Waals surface area contributed by atoms with E-state index in [1.54, 1.807) is 30.3 Å². The number of carboxylic acid groups (broad SMARTS) is 1. The number of aliphatic hydroxyl groups excluding tert-OH is 1. The summed E-state index contributed by atoms with van der Waals surface area (Å²) in [6.45, 7) is 0.961. The lowest BCUT2D eigenvalue weighted by atomic mass is 10.1. The Bertz CT molecular complexity index is 323. The summed E-state index contributed by atoms with van der Waals surface area (Å²) in [6.07, 6.45) is 3.70. The van der Waals surface area contributed by atoms with Crippen LogP contribution in [0.3, 0.4) is 0 Å². The van der Waals surface area contributed by atoms with E-state index in [1.165, 1.54) is 0 Å². The number of aromatic carboxylic acids is 1. The Hall–Kier alpha value is -1.43. The van der Waals surface area contributed by atoms with Crippen LogP contribution in [-0.2, 0) is 0 Å². The zero-order chi connectivity index (χ0) is 14.5. The number of benzene rings is 1. The average Bonchev–Trinajstić information content (AvgIpc) is 2.44. The molecule has 0 bridgehead atoms. The van der Waals surface area contributed by atoms with Gasteiger partial charge in [0, 0.05) is 12.6 Å². The molecular weight excluding hydrogens is 244 g/mol. The van der Waals surface area contributed by atoms with Crippen molar-refractivity contribution < 1.29 is 15.0 Å². The maximum atomic E-state index is 10.2. The van der Waals surface area contributed by atoms with E-state index in [-0.39, 0.29) is 12.6 Å². The summed E-state index contributed by atoms with van der Waals surface area (Å²) < 4.78 is 0. The molecule has 1 aromatic rings. The standard InChI is InChI=1S/C7H18N2O.C7H6O2/c8-5-1-3-7(9)4-2-6-10;8-7(9)6-4-2-1-3-5-6/h7,10H,1-6,8-9H2;1-5H,(H,8,9). The Morgan fingerprint density at radius 2 is 1.74 bits per heavy atom. The Morgan fingerprint density at radius 1 is 1.16 bits per heavy atom. The fourth-order valence-electron chi connectivity index (χ4n) is 1.46. The molecule has 1 unspecified atom stereocenters. The van der Waals surface area contributed by atoms with Crippen LogP contribution in [0.1, 0.15) is 36.0 Å². The first-order chi connectivity index (χ1) is 9.11. The molecule has 0 aliphatic rings. The molecule has 108 valence electrons. The number of hydrogen-bond acceptors (Lipinski definition) is 4. The van der Waals surface area contributed by atoms with Crippen molar-refractivity contribution in [2.75, 3.05) is 13.2 Å². The predicted molar refractivity (Wildman–Crippen MR) is 76.0 cm³/mol. The van der Waals surface area contributed by atoms with Gasteiger partial charge in [-0.3, -0.25) is 0 Å². The lowest BCUT2D eigenvalue weighted by molar-refractivity contribution is 0.0697. The molecule has 0 aliphatic carbocycles. The van der Waals surface area contributed by atoms with Crippen molar-refractivity contribution in [3.8, 4) is 0 Å². The summed E-state index contributed by atoms with van der Waals surface area (Å²) >= 11 is 0. The molecule has 0 aliphatic heterocycles. The molecule has 0 spiro atoms. The van der Waals surface area contributed by atoms with Gasteiger partial charge in [0.1, 0.15) is 0 Å². The summed E-state index contributed by atoms with van der Waals surface area (Å²) in [5, 5.41) is 16.8. The highest BCUT2D eigenvalue weighted by atomic mass is 16.4. The second kappa shape index (κ2) is 11.6. The lowest BCUT2D eigenvalue weighted by Crippen LogP contribution is -2.21. The fourth-order valence-corrected chi connectivity index (χ4v) is 1.46. The first kappa shape index (κ1) is 17.6. The highest BCUT2D eigenvalue weighted by Gasteiger charge is 1.99. The van der Waals surface area contributed by atoms with Crippen LogP contribution in [0.25, 0.3) is 0 Å². The SMILES string of the molecule is NCCCC(N)CCCO.O=C(O)c1ccccc1. The molecule has 0 radical (unpaired) electrons. The normalized spacial score (nSPS) is 11.3. The van der Waals surface area contributed by atoms with Crippen LogP contribution in [0.4, 0.5) is 0 Å². The van der Waals surface area contributed by atoms with Gasteiger partial charge in [-0.1, -0.05) is 18.2 Å². The van der Waals surface area contributed by atoms with Crippen LogP contribution in [0.2, 0.25) is 0 Å². The first-order valence-electron chi connectivity index (χ1n) is 6.46. The number of carbonyl (C=O) groups is 1. The fraction of sp³-hybridized carbons (Fsp3) is 0.500. The third-order valence-corrected chi connectivity index (χ3v) is 2.53. The number of hydrogen-bond donors (Lipinski definition) is 4. The summed E-state index contributed by atoms with van der Waals surface area (Å²) in [7, 11) is 0. The Kier molecular flexibility index (Phi) is 10.8. The summed E-state index contributed by atoms with van der Waals surface area (Å²) in [6, 6.07) is 8.53. The topological polar surface area (TPSA) is 110 Å². The molecule has 0 amide bonds. The Labute approximate surface area is 114 Å². The molecule has 0 heterocycles. The maximum Gasteiger partial charge on any atom is 0.335 e. The molecule has 5 heteroatoms. The second-order valence-corrected chi connectivity index (χ2v) is 4.23. The molecule has 5 nitrogen and oxygen atoms in total. The Balaban J connectivity index is 0.000000342. The molecule has 19 heavy (non-hydrogen) atoms. The molecule has 1 rings (SSSR count). The van der Waals surface area contributed by atoms with Crippen molar-refractivity contribution in [1.82, 2.24) is 0 Å². The maximum absolute atomic E-state index is 10.2. The zero-order valence-corrected chi connectivity index (χ0v) is 11.2. The highest BCUT2D eigenvalue weighted by molar-refractivity contribution is 5.87. The zero-order valence-electron chi connectivity index (χ0n) is 11.2. The van der Waals surface area contributed by atoms with Crippen LogP contribution < -0.4 is 11.5 Å². The van der Waals surface area contributed by atoms with Gasteiger partial charge in [0.2, 0.25) is 0 Å². The number of carboxylic acids is 1. The van der Waals surface area contributed by atoms with Crippen LogP contribution >= 0.6 is 0 Å². The van der Waals surface area contributed by atoms with Gasteiger partial charge in [-0.25, -0.2) is 4.79 Å².